The van der Waals surface area contributed by atoms with E-state index in [0.29, 0.717) is 5.57 Å². The van der Waals surface area contributed by atoms with Gasteiger partial charge in [-0.15, -0.1) is 0 Å². The molecule has 0 aromatic heterocycles. The van der Waals surface area contributed by atoms with Crippen LogP contribution in [0.2, 0.25) is 0 Å². The van der Waals surface area contributed by atoms with Gasteiger partial charge in [-0.05, 0) is 35.4 Å². The van der Waals surface area contributed by atoms with Gasteiger partial charge in [0, 0.05) is 18.5 Å². The van der Waals surface area contributed by atoms with E-state index in [9.17, 15) is 5.26 Å². The Morgan fingerprint density at radius 1 is 1.19 bits per heavy atom. The minimum Gasteiger partial charge on any atom is -0.367 e. The molecule has 1 heterocycles. The summed E-state index contributed by atoms with van der Waals surface area (Å²) in [6.45, 7) is 14.7. The van der Waals surface area contributed by atoms with Crippen LogP contribution >= 0.6 is 0 Å². The van der Waals surface area contributed by atoms with Crippen molar-refractivity contribution in [2.24, 2.45) is 5.92 Å². The van der Waals surface area contributed by atoms with Crippen LogP contribution in [0.5, 0.6) is 0 Å². The fourth-order valence-electron chi connectivity index (χ4n) is 2.71. The van der Waals surface area contributed by atoms with E-state index in [1.165, 1.54) is 29.3 Å². The second-order valence-corrected chi connectivity index (χ2v) is 7.08. The number of nitrogens with zero attached hydrogens (tertiary/aromatic N) is 2. The lowest BCUT2D eigenvalue weighted by atomic mass is 10.0. The Bertz CT molecular complexity index is 831. The zero-order chi connectivity index (χ0) is 19.1. The number of allylic oxidation sites excluding steroid dienone is 2. The summed E-state index contributed by atoms with van der Waals surface area (Å²) in [6, 6.07) is 14.8. The minimum atomic E-state index is 0.642. The Labute approximate surface area is 158 Å². The van der Waals surface area contributed by atoms with Crippen LogP contribution in [0.25, 0.3) is 16.8 Å². The highest BCUT2D eigenvalue weighted by Crippen LogP contribution is 2.35. The first kappa shape index (κ1) is 19.8. The van der Waals surface area contributed by atoms with Crippen molar-refractivity contribution in [3.8, 4) is 6.07 Å². The normalized spacial score (nSPS) is 13.2. The summed E-state index contributed by atoms with van der Waals surface area (Å²) in [5, 5.41) is 11.7. The predicted molar refractivity (Wildman–Crippen MR) is 114 cm³/mol. The molecule has 0 atom stereocenters. The molecule has 1 aliphatic heterocycles. The van der Waals surface area contributed by atoms with Crippen molar-refractivity contribution in [3.05, 3.63) is 59.7 Å². The van der Waals surface area contributed by atoms with Gasteiger partial charge in [0.1, 0.15) is 0 Å². The zero-order valence-electron chi connectivity index (χ0n) is 16.5. The molecule has 26 heavy (non-hydrogen) atoms. The molecule has 2 aromatic rings. The third kappa shape index (κ3) is 4.99. The molecule has 0 unspecified atom stereocenters. The number of rotatable bonds is 5. The maximum absolute atomic E-state index is 9.22. The molecule has 1 aliphatic rings. The van der Waals surface area contributed by atoms with Crippen LogP contribution in [0.15, 0.2) is 54.1 Å². The van der Waals surface area contributed by atoms with Gasteiger partial charge in [0.05, 0.1) is 17.3 Å². The molecule has 1 saturated heterocycles. The maximum Gasteiger partial charge on any atom is 0.0994 e. The van der Waals surface area contributed by atoms with Gasteiger partial charge in [0.15, 0.2) is 0 Å². The van der Waals surface area contributed by atoms with Crippen molar-refractivity contribution in [2.75, 3.05) is 18.0 Å². The molecule has 0 N–H and O–H groups in total. The van der Waals surface area contributed by atoms with Crippen molar-refractivity contribution in [3.63, 3.8) is 0 Å². The Hall–Kier alpha value is -2.53. The van der Waals surface area contributed by atoms with Crippen molar-refractivity contribution >= 4 is 22.5 Å². The summed E-state index contributed by atoms with van der Waals surface area (Å²) in [7, 11) is 0. The molecule has 2 aromatic carbocycles. The molecule has 2 heteroatoms. The fraction of sp³-hybridized carbons (Fsp3) is 0.375. The molecule has 0 aliphatic carbocycles. The van der Waals surface area contributed by atoms with E-state index in [1.807, 2.05) is 13.0 Å². The SMILES string of the molecule is C=C(C)/C(C#N)=C/c1ccc2ccccc2c1N1CC1.CCC(C)CC. The zero-order valence-corrected chi connectivity index (χ0v) is 16.5. The van der Waals surface area contributed by atoms with Gasteiger partial charge in [-0.1, -0.05) is 76.6 Å². The van der Waals surface area contributed by atoms with E-state index in [0.717, 1.165) is 30.1 Å². The highest BCUT2D eigenvalue weighted by molar-refractivity contribution is 5.99. The van der Waals surface area contributed by atoms with Crippen LogP contribution in [0.4, 0.5) is 5.69 Å². The second kappa shape index (κ2) is 9.25. The van der Waals surface area contributed by atoms with Gasteiger partial charge in [0.2, 0.25) is 0 Å². The highest BCUT2D eigenvalue weighted by atomic mass is 15.3. The lowest BCUT2D eigenvalue weighted by Gasteiger charge is -2.12. The third-order valence-corrected chi connectivity index (χ3v) is 4.97. The Morgan fingerprint density at radius 2 is 1.85 bits per heavy atom. The summed E-state index contributed by atoms with van der Waals surface area (Å²) in [4.78, 5) is 2.33. The van der Waals surface area contributed by atoms with Gasteiger partial charge in [-0.3, -0.25) is 0 Å². The standard InChI is InChI=1S/C18H16N2.C6H14/c1-13(2)16(12-19)11-15-8-7-14-5-3-4-6-17(14)18(15)20-9-10-20;1-4-6(3)5-2/h3-8,11H,1,9-10H2,2H3;6H,4-5H2,1-3H3/b16-11+;. The summed E-state index contributed by atoms with van der Waals surface area (Å²) in [5.41, 5.74) is 3.78. The minimum absolute atomic E-state index is 0.642. The second-order valence-electron chi connectivity index (χ2n) is 7.08. The van der Waals surface area contributed by atoms with Crippen molar-refractivity contribution in [1.82, 2.24) is 0 Å². The summed E-state index contributed by atoms with van der Waals surface area (Å²) in [6.07, 6.45) is 4.61. The van der Waals surface area contributed by atoms with Crippen LogP contribution in [0, 0.1) is 17.2 Å². The van der Waals surface area contributed by atoms with E-state index in [-0.39, 0.29) is 0 Å². The summed E-state index contributed by atoms with van der Waals surface area (Å²) in [5.74, 6) is 0.935. The number of benzene rings is 2. The van der Waals surface area contributed by atoms with Crippen LogP contribution in [-0.2, 0) is 0 Å². The van der Waals surface area contributed by atoms with E-state index >= 15 is 0 Å². The number of hydrogen-bond acceptors (Lipinski definition) is 2. The van der Waals surface area contributed by atoms with E-state index in [4.69, 9.17) is 0 Å². The van der Waals surface area contributed by atoms with Crippen molar-refractivity contribution in [2.45, 2.75) is 40.5 Å². The highest BCUT2D eigenvalue weighted by Gasteiger charge is 2.22. The average molecular weight is 347 g/mol. The number of anilines is 1. The van der Waals surface area contributed by atoms with E-state index < -0.39 is 0 Å². The lowest BCUT2D eigenvalue weighted by Crippen LogP contribution is -1.96. The molecular weight excluding hydrogens is 316 g/mol. The van der Waals surface area contributed by atoms with Crippen LogP contribution in [0.3, 0.4) is 0 Å². The van der Waals surface area contributed by atoms with E-state index in [2.05, 4.69) is 74.7 Å². The Balaban J connectivity index is 0.000000352. The molecular formula is C24H30N2. The van der Waals surface area contributed by atoms with Gasteiger partial charge < -0.3 is 4.90 Å². The Kier molecular flexibility index (Phi) is 7.04. The molecule has 0 radical (unpaired) electrons. The van der Waals surface area contributed by atoms with Crippen LogP contribution in [0.1, 0.15) is 46.1 Å². The molecule has 0 amide bonds. The summed E-state index contributed by atoms with van der Waals surface area (Å²) >= 11 is 0. The van der Waals surface area contributed by atoms with Crippen molar-refractivity contribution in [1.29, 1.82) is 5.26 Å². The maximum atomic E-state index is 9.22. The molecule has 3 rings (SSSR count). The number of fused-ring (bicyclic) bond motifs is 1. The smallest absolute Gasteiger partial charge is 0.0994 e. The largest absolute Gasteiger partial charge is 0.367 e. The molecule has 0 saturated carbocycles. The average Bonchev–Trinajstić information content (AvgIpc) is 3.50. The molecule has 0 spiro atoms. The first-order valence-electron chi connectivity index (χ1n) is 9.56. The first-order valence-corrected chi connectivity index (χ1v) is 9.56. The molecule has 1 fully saturated rings. The van der Waals surface area contributed by atoms with Gasteiger partial charge in [-0.25, -0.2) is 0 Å². The number of hydrogen-bond donors (Lipinski definition) is 0. The lowest BCUT2D eigenvalue weighted by molar-refractivity contribution is 0.544. The predicted octanol–water partition coefficient (Wildman–Crippen LogP) is 6.59. The van der Waals surface area contributed by atoms with Crippen LogP contribution < -0.4 is 4.90 Å². The van der Waals surface area contributed by atoms with Gasteiger partial charge in [0.25, 0.3) is 0 Å². The van der Waals surface area contributed by atoms with Gasteiger partial charge in [-0.2, -0.15) is 5.26 Å². The quantitative estimate of drug-likeness (QED) is 0.347. The number of nitriles is 1. The molecule has 2 nitrogen and oxygen atoms in total. The van der Waals surface area contributed by atoms with Crippen molar-refractivity contribution < 1.29 is 0 Å². The van der Waals surface area contributed by atoms with Crippen LogP contribution in [-0.4, -0.2) is 13.1 Å². The Morgan fingerprint density at radius 3 is 2.35 bits per heavy atom. The van der Waals surface area contributed by atoms with Gasteiger partial charge >= 0.3 is 0 Å². The first-order chi connectivity index (χ1) is 12.5. The van der Waals surface area contributed by atoms with E-state index in [1.54, 1.807) is 0 Å². The molecule has 0 bridgehead atoms. The summed E-state index contributed by atoms with van der Waals surface area (Å²) < 4.78 is 0. The fourth-order valence-corrected chi connectivity index (χ4v) is 2.71. The third-order valence-electron chi connectivity index (χ3n) is 4.97. The molecule has 136 valence electrons. The topological polar surface area (TPSA) is 26.8 Å². The monoisotopic (exact) mass is 346 g/mol.